The van der Waals surface area contributed by atoms with Gasteiger partial charge in [0.1, 0.15) is 10.8 Å². The number of alkyl halides is 2. The van der Waals surface area contributed by atoms with Crippen LogP contribution in [-0.4, -0.2) is 33.6 Å². The molecule has 0 saturated heterocycles. The maximum atomic E-state index is 12.9. The molecular formula is C22H20F2N2O3S. The van der Waals surface area contributed by atoms with Crippen molar-refractivity contribution in [1.29, 1.82) is 0 Å². The van der Waals surface area contributed by atoms with Crippen LogP contribution in [0.5, 0.6) is 5.75 Å². The van der Waals surface area contributed by atoms with Gasteiger partial charge in [0.2, 0.25) is 0 Å². The first-order valence-corrected chi connectivity index (χ1v) is 10.4. The maximum absolute atomic E-state index is 12.9. The molecule has 156 valence electrons. The number of ether oxygens (including phenoxy) is 1. The molecule has 2 aromatic heterocycles. The summed E-state index contributed by atoms with van der Waals surface area (Å²) in [5.74, 6) is -2.42. The molecule has 0 amide bonds. The van der Waals surface area contributed by atoms with Crippen molar-refractivity contribution in [3.05, 3.63) is 59.5 Å². The van der Waals surface area contributed by atoms with Crippen molar-refractivity contribution in [3.8, 4) is 16.2 Å². The molecule has 4 rings (SSSR count). The van der Waals surface area contributed by atoms with Crippen molar-refractivity contribution in [2.75, 3.05) is 6.61 Å². The number of nitrogens with zero attached hydrogens (tertiary/aromatic N) is 2. The number of aromatic nitrogens is 2. The van der Waals surface area contributed by atoms with E-state index in [1.807, 2.05) is 0 Å². The second-order valence-corrected chi connectivity index (χ2v) is 8.54. The van der Waals surface area contributed by atoms with Crippen LogP contribution in [-0.2, 0) is 11.2 Å². The Bertz CT molecular complexity index is 1070. The van der Waals surface area contributed by atoms with Crippen molar-refractivity contribution >= 4 is 22.9 Å². The molecule has 0 bridgehead atoms. The zero-order chi connectivity index (χ0) is 21.3. The minimum absolute atomic E-state index is 0.0325. The number of thiazole rings is 1. The van der Waals surface area contributed by atoms with E-state index >= 15 is 0 Å². The lowest BCUT2D eigenvalue weighted by molar-refractivity contribution is -0.121. The van der Waals surface area contributed by atoms with E-state index in [1.54, 1.807) is 53.4 Å². The van der Waals surface area contributed by atoms with Gasteiger partial charge in [0, 0.05) is 25.7 Å². The molecule has 0 radical (unpaired) electrons. The highest BCUT2D eigenvalue weighted by Gasteiger charge is 2.29. The highest BCUT2D eigenvalue weighted by molar-refractivity contribution is 7.15. The van der Waals surface area contributed by atoms with Crippen molar-refractivity contribution in [1.82, 2.24) is 9.55 Å². The van der Waals surface area contributed by atoms with Gasteiger partial charge in [-0.25, -0.2) is 13.8 Å². The normalized spacial score (nSPS) is 16.4. The van der Waals surface area contributed by atoms with Gasteiger partial charge in [0.15, 0.2) is 18.2 Å². The van der Waals surface area contributed by atoms with Gasteiger partial charge in [-0.3, -0.25) is 9.59 Å². The number of carbonyl (C=O) groups excluding carboxylic acids is 2. The van der Waals surface area contributed by atoms with Crippen LogP contribution in [0.25, 0.3) is 10.4 Å². The average Bonchev–Trinajstić information content (AvgIpc) is 3.37. The minimum atomic E-state index is -2.88. The Hall–Kier alpha value is -2.87. The molecule has 1 aliphatic rings. The molecular weight excluding hydrogens is 410 g/mol. The number of benzene rings is 1. The fraction of sp³-hybridized carbons (Fsp3) is 0.318. The molecule has 0 fully saturated rings. The van der Waals surface area contributed by atoms with Gasteiger partial charge < -0.3 is 9.30 Å². The molecule has 1 atom stereocenters. The Morgan fingerprint density at radius 3 is 2.80 bits per heavy atom. The lowest BCUT2D eigenvalue weighted by atomic mass is 9.97. The minimum Gasteiger partial charge on any atom is -0.487 e. The summed E-state index contributed by atoms with van der Waals surface area (Å²) in [4.78, 5) is 30.0. The van der Waals surface area contributed by atoms with E-state index < -0.39 is 12.5 Å². The lowest BCUT2D eigenvalue weighted by Crippen LogP contribution is -2.28. The van der Waals surface area contributed by atoms with Crippen LogP contribution < -0.4 is 4.74 Å². The Labute approximate surface area is 176 Å². The summed E-state index contributed by atoms with van der Waals surface area (Å²) in [6, 6.07) is 10.0. The number of halogens is 2. The Morgan fingerprint density at radius 1 is 1.30 bits per heavy atom. The molecule has 1 aliphatic heterocycles. The summed E-state index contributed by atoms with van der Waals surface area (Å²) in [6.07, 6.45) is 4.57. The summed E-state index contributed by atoms with van der Waals surface area (Å²) >= 11 is 1.42. The van der Waals surface area contributed by atoms with Crippen LogP contribution in [0.3, 0.4) is 0 Å². The van der Waals surface area contributed by atoms with E-state index in [4.69, 9.17) is 4.74 Å². The van der Waals surface area contributed by atoms with E-state index in [9.17, 15) is 18.4 Å². The molecule has 0 spiro atoms. The van der Waals surface area contributed by atoms with Gasteiger partial charge in [-0.15, -0.1) is 11.3 Å². The van der Waals surface area contributed by atoms with Crippen LogP contribution in [0.1, 0.15) is 41.3 Å². The SMILES string of the molecule is CC(F)(F)COc1ccc(-c2cnc(CC(=O)C3CCC(=O)c4cccn43)s2)cc1. The Kier molecular flexibility index (Phi) is 5.51. The Morgan fingerprint density at radius 2 is 2.07 bits per heavy atom. The molecule has 0 N–H and O–H groups in total. The second-order valence-electron chi connectivity index (χ2n) is 7.42. The summed E-state index contributed by atoms with van der Waals surface area (Å²) in [7, 11) is 0. The third kappa shape index (κ3) is 4.48. The molecule has 3 aromatic rings. The number of carbonyl (C=O) groups is 2. The molecule has 1 aromatic carbocycles. The quantitative estimate of drug-likeness (QED) is 0.531. The number of hydrogen-bond donors (Lipinski definition) is 0. The second kappa shape index (κ2) is 8.10. The van der Waals surface area contributed by atoms with E-state index in [0.29, 0.717) is 29.3 Å². The molecule has 1 unspecified atom stereocenters. The number of ketones is 2. The fourth-order valence-corrected chi connectivity index (χ4v) is 4.40. The summed E-state index contributed by atoms with van der Waals surface area (Å²) < 4.78 is 32.6. The first-order valence-electron chi connectivity index (χ1n) is 9.59. The molecule has 30 heavy (non-hydrogen) atoms. The smallest absolute Gasteiger partial charge is 0.278 e. The van der Waals surface area contributed by atoms with Crippen LogP contribution in [0, 0.1) is 0 Å². The number of fused-ring (bicyclic) bond motifs is 1. The van der Waals surface area contributed by atoms with Crippen LogP contribution in [0.15, 0.2) is 48.8 Å². The number of Topliss-reactive ketones (excluding diaryl/α,β-unsaturated/α-hetero) is 2. The van der Waals surface area contributed by atoms with Crippen molar-refractivity contribution in [3.63, 3.8) is 0 Å². The van der Waals surface area contributed by atoms with E-state index in [-0.39, 0.29) is 24.0 Å². The summed E-state index contributed by atoms with van der Waals surface area (Å²) in [6.45, 7) is 0.138. The third-order valence-electron chi connectivity index (χ3n) is 4.93. The summed E-state index contributed by atoms with van der Waals surface area (Å²) in [5, 5.41) is 0.701. The monoisotopic (exact) mass is 430 g/mol. The largest absolute Gasteiger partial charge is 0.487 e. The first-order chi connectivity index (χ1) is 14.3. The fourth-order valence-electron chi connectivity index (χ4n) is 3.47. The van der Waals surface area contributed by atoms with E-state index in [1.165, 1.54) is 11.3 Å². The van der Waals surface area contributed by atoms with Crippen molar-refractivity contribution in [2.24, 2.45) is 0 Å². The van der Waals surface area contributed by atoms with E-state index in [0.717, 1.165) is 17.4 Å². The molecule has 0 aliphatic carbocycles. The van der Waals surface area contributed by atoms with Gasteiger partial charge >= 0.3 is 0 Å². The van der Waals surface area contributed by atoms with Crippen molar-refractivity contribution in [2.45, 2.75) is 38.2 Å². The molecule has 0 saturated carbocycles. The number of rotatable bonds is 7. The maximum Gasteiger partial charge on any atom is 0.278 e. The molecule has 3 heterocycles. The Balaban J connectivity index is 1.42. The third-order valence-corrected chi connectivity index (χ3v) is 5.97. The van der Waals surface area contributed by atoms with Gasteiger partial charge in [0.05, 0.1) is 23.0 Å². The summed E-state index contributed by atoms with van der Waals surface area (Å²) in [5.41, 5.74) is 1.46. The van der Waals surface area contributed by atoms with Gasteiger partial charge in [-0.1, -0.05) is 0 Å². The molecule has 5 nitrogen and oxygen atoms in total. The standard InChI is InChI=1S/C22H20F2N2O3S/c1-22(23,24)13-29-15-6-4-14(5-7-15)20-12-25-21(30-20)11-19(28)17-8-9-18(27)16-3-2-10-26(16)17/h2-7,10,12,17H,8-9,11,13H2,1H3. The van der Waals surface area contributed by atoms with Gasteiger partial charge in [-0.05, 0) is 48.4 Å². The van der Waals surface area contributed by atoms with Crippen LogP contribution >= 0.6 is 11.3 Å². The van der Waals surface area contributed by atoms with E-state index in [2.05, 4.69) is 4.98 Å². The average molecular weight is 430 g/mol. The van der Waals surface area contributed by atoms with Crippen LogP contribution in [0.2, 0.25) is 0 Å². The molecule has 8 heteroatoms. The number of hydrogen-bond acceptors (Lipinski definition) is 5. The zero-order valence-electron chi connectivity index (χ0n) is 16.3. The highest BCUT2D eigenvalue weighted by atomic mass is 32.1. The predicted molar refractivity (Wildman–Crippen MR) is 109 cm³/mol. The highest BCUT2D eigenvalue weighted by Crippen LogP contribution is 2.31. The lowest BCUT2D eigenvalue weighted by Gasteiger charge is -2.24. The van der Waals surface area contributed by atoms with Crippen molar-refractivity contribution < 1.29 is 23.1 Å². The topological polar surface area (TPSA) is 61.2 Å². The predicted octanol–water partition coefficient (Wildman–Crippen LogP) is 4.98. The van der Waals surface area contributed by atoms with Gasteiger partial charge in [-0.2, -0.15) is 0 Å². The first kappa shape index (κ1) is 20.4. The zero-order valence-corrected chi connectivity index (χ0v) is 17.1. The van der Waals surface area contributed by atoms with Gasteiger partial charge in [0.25, 0.3) is 5.92 Å². The van der Waals surface area contributed by atoms with Crippen LogP contribution in [0.4, 0.5) is 8.78 Å².